The molecule has 0 fully saturated rings. The number of hydrogen-bond donors (Lipinski definition) is 0. The summed E-state index contributed by atoms with van der Waals surface area (Å²) < 4.78 is 1.98. The van der Waals surface area contributed by atoms with Gasteiger partial charge in [-0.2, -0.15) is 0 Å². The van der Waals surface area contributed by atoms with Gasteiger partial charge in [-0.05, 0) is 26.0 Å². The molecule has 4 nitrogen and oxygen atoms in total. The predicted molar refractivity (Wildman–Crippen MR) is 86.8 cm³/mol. The van der Waals surface area contributed by atoms with E-state index in [0.29, 0.717) is 23.9 Å². The molecule has 1 amide bonds. The Balaban J connectivity index is 2.25. The van der Waals surface area contributed by atoms with Gasteiger partial charge in [0.05, 0.1) is 16.4 Å². The number of para-hydroxylation sites is 1. The van der Waals surface area contributed by atoms with Crippen molar-refractivity contribution in [3.63, 3.8) is 0 Å². The number of carbonyl (C=O) groups is 1. The van der Waals surface area contributed by atoms with Crippen molar-refractivity contribution in [1.82, 2.24) is 14.5 Å². The van der Waals surface area contributed by atoms with E-state index in [1.165, 1.54) is 0 Å². The molecule has 0 saturated carbocycles. The fourth-order valence-electron chi connectivity index (χ4n) is 2.45. The summed E-state index contributed by atoms with van der Waals surface area (Å²) in [6.45, 7) is 5.99. The number of nitrogens with zero attached hydrogens (tertiary/aromatic N) is 3. The average molecular weight is 328 g/mol. The van der Waals surface area contributed by atoms with Crippen molar-refractivity contribution in [2.45, 2.75) is 32.7 Å². The zero-order valence-electron chi connectivity index (χ0n) is 12.3. The molecular formula is C15H19Cl2N3O. The number of amides is 1. The first-order valence-corrected chi connectivity index (χ1v) is 8.00. The van der Waals surface area contributed by atoms with Gasteiger partial charge in [-0.3, -0.25) is 4.79 Å². The van der Waals surface area contributed by atoms with Crippen molar-refractivity contribution >= 4 is 40.1 Å². The second kappa shape index (κ2) is 7.14. The summed E-state index contributed by atoms with van der Waals surface area (Å²) in [5.41, 5.74) is 1.66. The third-order valence-electron chi connectivity index (χ3n) is 3.59. The first-order valence-electron chi connectivity index (χ1n) is 7.09. The lowest BCUT2D eigenvalue weighted by Gasteiger charge is -2.19. The Morgan fingerprint density at radius 3 is 2.67 bits per heavy atom. The van der Waals surface area contributed by atoms with Crippen LogP contribution in [0.5, 0.6) is 0 Å². The molecule has 0 N–H and O–H groups in total. The number of rotatable bonds is 6. The Kier molecular flexibility index (Phi) is 5.48. The van der Waals surface area contributed by atoms with E-state index in [9.17, 15) is 4.79 Å². The highest BCUT2D eigenvalue weighted by Crippen LogP contribution is 2.25. The van der Waals surface area contributed by atoms with E-state index in [1.807, 2.05) is 35.4 Å². The van der Waals surface area contributed by atoms with Gasteiger partial charge in [-0.1, -0.05) is 17.7 Å². The van der Waals surface area contributed by atoms with Crippen molar-refractivity contribution in [2.24, 2.45) is 0 Å². The second-order valence-corrected chi connectivity index (χ2v) is 5.41. The van der Waals surface area contributed by atoms with E-state index in [-0.39, 0.29) is 5.91 Å². The van der Waals surface area contributed by atoms with Crippen LogP contribution in [0, 0.1) is 0 Å². The van der Waals surface area contributed by atoms with Gasteiger partial charge in [-0.15, -0.1) is 11.6 Å². The molecule has 0 aliphatic carbocycles. The Labute approximate surface area is 134 Å². The SMILES string of the molecule is CCN(CC)C(=O)CCn1c(CCl)nc2c(Cl)cccc21. The average Bonchev–Trinajstić information content (AvgIpc) is 2.85. The molecule has 0 spiro atoms. The standard InChI is InChI=1S/C15H19Cl2N3O/c1-3-19(4-2)14(21)8-9-20-12-7-5-6-11(17)15(12)18-13(20)10-16/h5-7H,3-4,8-10H2,1-2H3. The lowest BCUT2D eigenvalue weighted by molar-refractivity contribution is -0.131. The van der Waals surface area contributed by atoms with Gasteiger partial charge in [0.15, 0.2) is 0 Å². The number of benzene rings is 1. The molecule has 2 rings (SSSR count). The summed E-state index contributed by atoms with van der Waals surface area (Å²) in [4.78, 5) is 18.4. The summed E-state index contributed by atoms with van der Waals surface area (Å²) in [6, 6.07) is 5.64. The molecule has 0 unspecified atom stereocenters. The minimum atomic E-state index is 0.143. The lowest BCUT2D eigenvalue weighted by atomic mass is 10.3. The molecule has 0 aliphatic heterocycles. The van der Waals surface area contributed by atoms with E-state index in [0.717, 1.165) is 29.9 Å². The first kappa shape index (κ1) is 16.1. The molecule has 0 bridgehead atoms. The van der Waals surface area contributed by atoms with Crippen LogP contribution in [-0.2, 0) is 17.2 Å². The Bertz CT molecular complexity index is 635. The fourth-order valence-corrected chi connectivity index (χ4v) is 2.87. The van der Waals surface area contributed by atoms with Crippen LogP contribution in [0.15, 0.2) is 18.2 Å². The number of imidazole rings is 1. The van der Waals surface area contributed by atoms with Crippen molar-refractivity contribution in [2.75, 3.05) is 13.1 Å². The molecule has 2 aromatic rings. The maximum absolute atomic E-state index is 12.1. The summed E-state index contributed by atoms with van der Waals surface area (Å²) in [5.74, 6) is 1.18. The second-order valence-electron chi connectivity index (χ2n) is 4.74. The van der Waals surface area contributed by atoms with E-state index in [1.54, 1.807) is 6.07 Å². The lowest BCUT2D eigenvalue weighted by Crippen LogP contribution is -2.31. The van der Waals surface area contributed by atoms with Crippen molar-refractivity contribution < 1.29 is 4.79 Å². The number of aryl methyl sites for hydroxylation is 1. The smallest absolute Gasteiger partial charge is 0.224 e. The zero-order valence-corrected chi connectivity index (χ0v) is 13.8. The molecular weight excluding hydrogens is 309 g/mol. The van der Waals surface area contributed by atoms with E-state index < -0.39 is 0 Å². The first-order chi connectivity index (χ1) is 10.1. The molecule has 0 aliphatic rings. The molecule has 6 heteroatoms. The van der Waals surface area contributed by atoms with Crippen LogP contribution < -0.4 is 0 Å². The van der Waals surface area contributed by atoms with Crippen molar-refractivity contribution in [3.05, 3.63) is 29.0 Å². The molecule has 1 aromatic carbocycles. The normalized spacial score (nSPS) is 11.0. The highest BCUT2D eigenvalue weighted by atomic mass is 35.5. The van der Waals surface area contributed by atoms with Gasteiger partial charge in [0, 0.05) is 26.1 Å². The third kappa shape index (κ3) is 3.33. The summed E-state index contributed by atoms with van der Waals surface area (Å²) >= 11 is 12.1. The van der Waals surface area contributed by atoms with Gasteiger partial charge in [-0.25, -0.2) is 4.98 Å². The molecule has 0 radical (unpaired) electrons. The van der Waals surface area contributed by atoms with Gasteiger partial charge < -0.3 is 9.47 Å². The Morgan fingerprint density at radius 2 is 2.05 bits per heavy atom. The Morgan fingerprint density at radius 1 is 1.33 bits per heavy atom. The van der Waals surface area contributed by atoms with Crippen molar-refractivity contribution in [3.8, 4) is 0 Å². The van der Waals surface area contributed by atoms with Crippen LogP contribution in [0.2, 0.25) is 5.02 Å². The van der Waals surface area contributed by atoms with Crippen LogP contribution in [0.1, 0.15) is 26.1 Å². The van der Waals surface area contributed by atoms with Crippen LogP contribution in [0.25, 0.3) is 11.0 Å². The summed E-state index contributed by atoms with van der Waals surface area (Å²) in [5, 5.41) is 0.604. The van der Waals surface area contributed by atoms with Crippen molar-refractivity contribution in [1.29, 1.82) is 0 Å². The fraction of sp³-hybridized carbons (Fsp3) is 0.467. The molecule has 21 heavy (non-hydrogen) atoms. The van der Waals surface area contributed by atoms with Crippen LogP contribution in [0.4, 0.5) is 0 Å². The topological polar surface area (TPSA) is 38.1 Å². The van der Waals surface area contributed by atoms with Gasteiger partial charge in [0.25, 0.3) is 0 Å². The minimum Gasteiger partial charge on any atom is -0.343 e. The number of alkyl halides is 1. The molecule has 1 heterocycles. The van der Waals surface area contributed by atoms with Crippen LogP contribution in [-0.4, -0.2) is 33.4 Å². The van der Waals surface area contributed by atoms with Gasteiger partial charge in [0.1, 0.15) is 11.3 Å². The van der Waals surface area contributed by atoms with Crippen LogP contribution >= 0.6 is 23.2 Å². The molecule has 1 aromatic heterocycles. The third-order valence-corrected chi connectivity index (χ3v) is 4.14. The monoisotopic (exact) mass is 327 g/mol. The highest BCUT2D eigenvalue weighted by Gasteiger charge is 2.15. The predicted octanol–water partition coefficient (Wildman–Crippen LogP) is 3.69. The largest absolute Gasteiger partial charge is 0.343 e. The highest BCUT2D eigenvalue weighted by molar-refractivity contribution is 6.35. The maximum Gasteiger partial charge on any atom is 0.224 e. The summed E-state index contributed by atoms with van der Waals surface area (Å²) in [6.07, 6.45) is 0.434. The number of fused-ring (bicyclic) bond motifs is 1. The van der Waals surface area contributed by atoms with Gasteiger partial charge >= 0.3 is 0 Å². The summed E-state index contributed by atoms with van der Waals surface area (Å²) in [7, 11) is 0. The van der Waals surface area contributed by atoms with E-state index in [4.69, 9.17) is 23.2 Å². The molecule has 0 saturated heterocycles. The molecule has 114 valence electrons. The molecule has 0 atom stereocenters. The number of halogens is 2. The van der Waals surface area contributed by atoms with E-state index >= 15 is 0 Å². The number of carbonyl (C=O) groups excluding carboxylic acids is 1. The number of aromatic nitrogens is 2. The van der Waals surface area contributed by atoms with Gasteiger partial charge in [0.2, 0.25) is 5.91 Å². The van der Waals surface area contributed by atoms with Crippen LogP contribution in [0.3, 0.4) is 0 Å². The number of hydrogen-bond acceptors (Lipinski definition) is 2. The quantitative estimate of drug-likeness (QED) is 0.759. The maximum atomic E-state index is 12.1. The Hall–Kier alpha value is -1.26. The van der Waals surface area contributed by atoms with E-state index in [2.05, 4.69) is 4.98 Å². The minimum absolute atomic E-state index is 0.143. The zero-order chi connectivity index (χ0) is 15.4.